The van der Waals surface area contributed by atoms with Crippen molar-refractivity contribution in [3.05, 3.63) is 17.5 Å². The molecule has 1 atom stereocenters. The summed E-state index contributed by atoms with van der Waals surface area (Å²) in [7, 11) is 0. The quantitative estimate of drug-likeness (QED) is 0.842. The molecule has 7 heteroatoms. The van der Waals surface area contributed by atoms with Crippen molar-refractivity contribution in [1.82, 2.24) is 15.5 Å². The molecule has 1 fully saturated rings. The fraction of sp³-hybridized carbons (Fsp3) is 0.636. The molecule has 2 rings (SSSR count). The van der Waals surface area contributed by atoms with E-state index in [1.165, 1.54) is 0 Å². The molecule has 0 bridgehead atoms. The van der Waals surface area contributed by atoms with Crippen LogP contribution in [-0.4, -0.2) is 35.9 Å². The Morgan fingerprint density at radius 3 is 3.11 bits per heavy atom. The van der Waals surface area contributed by atoms with Gasteiger partial charge in [-0.05, 0) is 24.8 Å². The molecule has 0 saturated carbocycles. The zero-order valence-corrected chi connectivity index (χ0v) is 9.79. The first-order valence-corrected chi connectivity index (χ1v) is 5.86. The van der Waals surface area contributed by atoms with Crippen LogP contribution in [0.1, 0.15) is 35.4 Å². The standard InChI is InChI=1S/C11H15F2N3O2/c12-10(13)8-5-9(16-15-8)11(17)14-3-1-7-2-4-18-6-7/h5,7,10H,1-4,6H2,(H,14,17)(H,15,16)/t7-/m1/s1. The third-order valence-electron chi connectivity index (χ3n) is 2.93. The molecule has 100 valence electrons. The van der Waals surface area contributed by atoms with Crippen LogP contribution in [0.5, 0.6) is 0 Å². The van der Waals surface area contributed by atoms with Gasteiger partial charge in [-0.15, -0.1) is 0 Å². The molecule has 2 heterocycles. The number of amides is 1. The van der Waals surface area contributed by atoms with Crippen molar-refractivity contribution in [2.75, 3.05) is 19.8 Å². The second-order valence-electron chi connectivity index (χ2n) is 4.28. The molecule has 2 N–H and O–H groups in total. The smallest absolute Gasteiger partial charge is 0.279 e. The number of hydrogen-bond donors (Lipinski definition) is 2. The first-order chi connectivity index (χ1) is 8.66. The molecule has 1 aromatic heterocycles. The molecule has 1 amide bonds. The van der Waals surface area contributed by atoms with Crippen molar-refractivity contribution < 1.29 is 18.3 Å². The van der Waals surface area contributed by atoms with E-state index in [4.69, 9.17) is 4.74 Å². The molecular formula is C11H15F2N3O2. The van der Waals surface area contributed by atoms with Crippen molar-refractivity contribution in [3.63, 3.8) is 0 Å². The first-order valence-electron chi connectivity index (χ1n) is 5.86. The fourth-order valence-electron chi connectivity index (χ4n) is 1.86. The molecular weight excluding hydrogens is 244 g/mol. The number of nitrogens with zero attached hydrogens (tertiary/aromatic N) is 1. The molecule has 1 aromatic rings. The summed E-state index contributed by atoms with van der Waals surface area (Å²) in [6.45, 7) is 2.01. The van der Waals surface area contributed by atoms with E-state index in [9.17, 15) is 13.6 Å². The molecule has 1 aliphatic rings. The summed E-state index contributed by atoms with van der Waals surface area (Å²) in [5.41, 5.74) is -0.350. The van der Waals surface area contributed by atoms with Gasteiger partial charge in [0.15, 0.2) is 0 Å². The van der Waals surface area contributed by atoms with Crippen LogP contribution >= 0.6 is 0 Å². The number of aromatic nitrogens is 2. The van der Waals surface area contributed by atoms with Gasteiger partial charge in [0.2, 0.25) is 0 Å². The normalized spacial score (nSPS) is 19.4. The van der Waals surface area contributed by atoms with E-state index in [0.717, 1.165) is 32.1 Å². The Labute approximate surface area is 103 Å². The Kier molecular flexibility index (Phi) is 4.24. The predicted molar refractivity (Wildman–Crippen MR) is 59.4 cm³/mol. The first kappa shape index (κ1) is 12.9. The van der Waals surface area contributed by atoms with Crippen LogP contribution in [0, 0.1) is 5.92 Å². The van der Waals surface area contributed by atoms with E-state index in [2.05, 4.69) is 15.5 Å². The highest BCUT2D eigenvalue weighted by atomic mass is 19.3. The number of carbonyl (C=O) groups is 1. The lowest BCUT2D eigenvalue weighted by atomic mass is 10.1. The Hall–Kier alpha value is -1.50. The highest BCUT2D eigenvalue weighted by Crippen LogP contribution is 2.17. The monoisotopic (exact) mass is 259 g/mol. The van der Waals surface area contributed by atoms with Crippen molar-refractivity contribution in [1.29, 1.82) is 0 Å². The number of nitrogens with one attached hydrogen (secondary N) is 2. The molecule has 0 aliphatic carbocycles. The van der Waals surface area contributed by atoms with Gasteiger partial charge in [-0.25, -0.2) is 8.78 Å². The van der Waals surface area contributed by atoms with Crippen LogP contribution in [0.15, 0.2) is 6.07 Å². The number of halogens is 2. The number of alkyl halides is 2. The second kappa shape index (κ2) is 5.90. The molecule has 1 saturated heterocycles. The Morgan fingerprint density at radius 1 is 1.67 bits per heavy atom. The van der Waals surface area contributed by atoms with Crippen molar-refractivity contribution in [3.8, 4) is 0 Å². The summed E-state index contributed by atoms with van der Waals surface area (Å²) in [6, 6.07) is 1.07. The zero-order valence-electron chi connectivity index (χ0n) is 9.79. The van der Waals surface area contributed by atoms with E-state index in [1.807, 2.05) is 0 Å². The average Bonchev–Trinajstić information content (AvgIpc) is 2.99. The lowest BCUT2D eigenvalue weighted by Gasteiger charge is -2.07. The van der Waals surface area contributed by atoms with Gasteiger partial charge < -0.3 is 10.1 Å². The number of carbonyl (C=O) groups excluding carboxylic acids is 1. The van der Waals surface area contributed by atoms with E-state index < -0.39 is 12.3 Å². The predicted octanol–water partition coefficient (Wildman–Crippen LogP) is 1.50. The SMILES string of the molecule is O=C(NCC[C@@H]1CCOC1)c1cc(C(F)F)[nH]n1. The summed E-state index contributed by atoms with van der Waals surface area (Å²) < 4.78 is 29.8. The lowest BCUT2D eigenvalue weighted by Crippen LogP contribution is -2.26. The summed E-state index contributed by atoms with van der Waals surface area (Å²) in [6.07, 6.45) is -0.805. The molecule has 0 unspecified atom stereocenters. The van der Waals surface area contributed by atoms with E-state index in [0.29, 0.717) is 12.5 Å². The number of ether oxygens (including phenoxy) is 1. The van der Waals surface area contributed by atoms with Gasteiger partial charge in [0.25, 0.3) is 12.3 Å². The maximum Gasteiger partial charge on any atom is 0.279 e. The maximum absolute atomic E-state index is 12.3. The van der Waals surface area contributed by atoms with E-state index in [-0.39, 0.29) is 11.4 Å². The largest absolute Gasteiger partial charge is 0.381 e. The molecule has 1 aliphatic heterocycles. The molecule has 0 radical (unpaired) electrons. The van der Waals surface area contributed by atoms with E-state index in [1.54, 1.807) is 0 Å². The Balaban J connectivity index is 1.76. The van der Waals surface area contributed by atoms with Crippen LogP contribution < -0.4 is 5.32 Å². The summed E-state index contributed by atoms with van der Waals surface area (Å²) in [4.78, 5) is 11.6. The number of H-pyrrole nitrogens is 1. The van der Waals surface area contributed by atoms with Crippen molar-refractivity contribution in [2.45, 2.75) is 19.3 Å². The van der Waals surface area contributed by atoms with Gasteiger partial charge in [-0.2, -0.15) is 5.10 Å². The number of rotatable bonds is 5. The average molecular weight is 259 g/mol. The highest BCUT2D eigenvalue weighted by molar-refractivity contribution is 5.92. The number of aromatic amines is 1. The zero-order chi connectivity index (χ0) is 13.0. The second-order valence-corrected chi connectivity index (χ2v) is 4.28. The summed E-state index contributed by atoms with van der Waals surface area (Å²) in [5, 5.41) is 8.34. The Morgan fingerprint density at radius 2 is 2.50 bits per heavy atom. The minimum atomic E-state index is -2.64. The van der Waals surface area contributed by atoms with Crippen LogP contribution in [0.2, 0.25) is 0 Å². The van der Waals surface area contributed by atoms with Crippen LogP contribution in [0.25, 0.3) is 0 Å². The topological polar surface area (TPSA) is 67.0 Å². The molecule has 18 heavy (non-hydrogen) atoms. The van der Waals surface area contributed by atoms with Gasteiger partial charge in [-0.3, -0.25) is 9.89 Å². The van der Waals surface area contributed by atoms with Crippen molar-refractivity contribution in [2.24, 2.45) is 5.92 Å². The van der Waals surface area contributed by atoms with Gasteiger partial charge in [0.1, 0.15) is 11.4 Å². The van der Waals surface area contributed by atoms with Crippen LogP contribution in [-0.2, 0) is 4.74 Å². The molecule has 0 aromatic carbocycles. The fourth-order valence-corrected chi connectivity index (χ4v) is 1.86. The van der Waals surface area contributed by atoms with Crippen molar-refractivity contribution >= 4 is 5.91 Å². The third kappa shape index (κ3) is 3.25. The highest BCUT2D eigenvalue weighted by Gasteiger charge is 2.17. The van der Waals surface area contributed by atoms with Gasteiger partial charge >= 0.3 is 0 Å². The van der Waals surface area contributed by atoms with Crippen LogP contribution in [0.4, 0.5) is 8.78 Å². The lowest BCUT2D eigenvalue weighted by molar-refractivity contribution is 0.0945. The minimum Gasteiger partial charge on any atom is -0.381 e. The van der Waals surface area contributed by atoms with Crippen LogP contribution in [0.3, 0.4) is 0 Å². The summed E-state index contributed by atoms with van der Waals surface area (Å²) in [5.74, 6) is 0.0400. The third-order valence-corrected chi connectivity index (χ3v) is 2.93. The molecule has 5 nitrogen and oxygen atoms in total. The Bertz CT molecular complexity index is 403. The van der Waals surface area contributed by atoms with Gasteiger partial charge in [0.05, 0.1) is 0 Å². The summed E-state index contributed by atoms with van der Waals surface area (Å²) >= 11 is 0. The van der Waals surface area contributed by atoms with Gasteiger partial charge in [-0.1, -0.05) is 0 Å². The van der Waals surface area contributed by atoms with E-state index >= 15 is 0 Å². The minimum absolute atomic E-state index is 0.00651. The maximum atomic E-state index is 12.3. The number of hydrogen-bond acceptors (Lipinski definition) is 3. The van der Waals surface area contributed by atoms with Gasteiger partial charge in [0, 0.05) is 19.8 Å². The molecule has 0 spiro atoms.